The molecule has 0 aliphatic carbocycles. The van der Waals surface area contributed by atoms with E-state index >= 15 is 0 Å². The Labute approximate surface area is 353 Å². The van der Waals surface area contributed by atoms with Gasteiger partial charge in [-0.2, -0.15) is 0 Å². The van der Waals surface area contributed by atoms with Gasteiger partial charge in [-0.1, -0.05) is 52.0 Å². The highest BCUT2D eigenvalue weighted by molar-refractivity contribution is 5.96. The van der Waals surface area contributed by atoms with Gasteiger partial charge in [0.15, 0.2) is 0 Å². The first-order valence-corrected chi connectivity index (χ1v) is 20.1. The number of carboxylic acid groups (broad SMARTS) is 1. The molecule has 0 unspecified atom stereocenters. The third kappa shape index (κ3) is 13.3. The lowest BCUT2D eigenvalue weighted by Gasteiger charge is -2.30. The zero-order chi connectivity index (χ0) is 45.7. The summed E-state index contributed by atoms with van der Waals surface area (Å²) in [6.07, 6.45) is 5.46. The monoisotopic (exact) mass is 855 g/mol. The average Bonchev–Trinajstić information content (AvgIpc) is 3.19. The van der Waals surface area contributed by atoms with Crippen LogP contribution in [-0.4, -0.2) is 128 Å². The number of carbonyl (C=O) groups excluding carboxylic acids is 6. The summed E-state index contributed by atoms with van der Waals surface area (Å²) in [5.74, 6) is -7.07. The number of unbranched alkanes of at least 4 members (excludes halogenated alkanes) is 4. The number of amides is 6. The van der Waals surface area contributed by atoms with Crippen LogP contribution in [0.25, 0.3) is 11.1 Å². The second-order valence-corrected chi connectivity index (χ2v) is 15.6. The van der Waals surface area contributed by atoms with Gasteiger partial charge in [-0.15, -0.1) is 0 Å². The van der Waals surface area contributed by atoms with Crippen LogP contribution in [0.4, 0.5) is 5.69 Å². The number of phenolic OH excluding ortho intramolecular Hbond substituents is 2. The van der Waals surface area contributed by atoms with E-state index < -0.39 is 107 Å². The van der Waals surface area contributed by atoms with Crippen molar-refractivity contribution in [2.24, 2.45) is 5.92 Å². The minimum Gasteiger partial charge on any atom is -0.507 e. The summed E-state index contributed by atoms with van der Waals surface area (Å²) in [5, 5.41) is 63.1. The van der Waals surface area contributed by atoms with Crippen molar-refractivity contribution in [2.75, 3.05) is 27.2 Å². The summed E-state index contributed by atoms with van der Waals surface area (Å²) >= 11 is 0. The number of nitro groups is 1. The number of nitrogens with zero attached hydrogens (tertiary/aromatic N) is 3. The molecule has 2 aromatic rings. The number of rotatable bonds is 18. The van der Waals surface area contributed by atoms with Crippen molar-refractivity contribution in [3.05, 3.63) is 51.6 Å². The van der Waals surface area contributed by atoms with E-state index in [0.29, 0.717) is 12.3 Å². The second kappa shape index (κ2) is 22.3. The van der Waals surface area contributed by atoms with Gasteiger partial charge >= 0.3 is 11.7 Å². The number of aliphatic carboxylic acids is 1. The van der Waals surface area contributed by atoms with Crippen LogP contribution in [-0.2, 0) is 40.0 Å². The highest BCUT2D eigenvalue weighted by Crippen LogP contribution is 2.43. The van der Waals surface area contributed by atoms with Gasteiger partial charge in [-0.05, 0) is 55.5 Å². The predicted octanol–water partition coefficient (Wildman–Crippen LogP) is 1.63. The quantitative estimate of drug-likeness (QED) is 0.0602. The van der Waals surface area contributed by atoms with Crippen molar-refractivity contribution < 1.29 is 58.9 Å². The van der Waals surface area contributed by atoms with E-state index in [1.165, 1.54) is 46.1 Å². The number of aliphatic hydroxyl groups excluding tert-OH is 1. The van der Waals surface area contributed by atoms with Gasteiger partial charge in [-0.25, -0.2) is 4.79 Å². The smallest absolute Gasteiger partial charge is 0.326 e. The van der Waals surface area contributed by atoms with Crippen LogP contribution in [0.3, 0.4) is 0 Å². The zero-order valence-corrected chi connectivity index (χ0v) is 35.2. The van der Waals surface area contributed by atoms with Crippen LogP contribution in [0.1, 0.15) is 89.8 Å². The number of aromatic hydroxyl groups is 2. The maximum absolute atomic E-state index is 13.9. The fourth-order valence-corrected chi connectivity index (χ4v) is 6.77. The number of fused-ring (bicyclic) bond motifs is 5. The van der Waals surface area contributed by atoms with E-state index in [2.05, 4.69) is 35.1 Å². The highest BCUT2D eigenvalue weighted by atomic mass is 16.6. The molecule has 0 fully saturated rings. The lowest BCUT2D eigenvalue weighted by molar-refractivity contribution is -0.385. The van der Waals surface area contributed by atoms with Crippen LogP contribution >= 0.6 is 0 Å². The van der Waals surface area contributed by atoms with Crippen LogP contribution in [0.2, 0.25) is 0 Å². The minimum absolute atomic E-state index is 0.00303. The number of nitrogens with one attached hydrogen (secondary N) is 4. The van der Waals surface area contributed by atoms with Gasteiger partial charge in [0.05, 0.1) is 18.1 Å². The van der Waals surface area contributed by atoms with Crippen molar-refractivity contribution in [1.82, 2.24) is 31.1 Å². The van der Waals surface area contributed by atoms with Crippen molar-refractivity contribution in [3.8, 4) is 22.6 Å². The first-order valence-electron chi connectivity index (χ1n) is 20.1. The van der Waals surface area contributed by atoms with Gasteiger partial charge in [0.1, 0.15) is 36.0 Å². The first-order chi connectivity index (χ1) is 28.7. The minimum atomic E-state index is -1.65. The molecule has 0 radical (unpaired) electrons. The number of phenols is 2. The second-order valence-electron chi connectivity index (χ2n) is 15.6. The van der Waals surface area contributed by atoms with Crippen molar-refractivity contribution in [2.45, 2.75) is 109 Å². The molecule has 20 heteroatoms. The lowest BCUT2D eigenvalue weighted by Crippen LogP contribution is -2.55. The van der Waals surface area contributed by atoms with E-state index in [9.17, 15) is 64.1 Å². The van der Waals surface area contributed by atoms with Gasteiger partial charge in [-0.3, -0.25) is 38.9 Å². The topological polar surface area (TPSA) is 298 Å². The molecule has 1 aliphatic heterocycles. The lowest BCUT2D eigenvalue weighted by atomic mass is 9.93. The Bertz CT molecular complexity index is 1970. The van der Waals surface area contributed by atoms with E-state index in [1.807, 2.05) is 0 Å². The number of benzene rings is 2. The van der Waals surface area contributed by atoms with Gasteiger partial charge in [0.25, 0.3) is 0 Å². The molecule has 2 aromatic carbocycles. The third-order valence-corrected chi connectivity index (χ3v) is 10.5. The molecule has 0 saturated carbocycles. The van der Waals surface area contributed by atoms with Crippen LogP contribution in [0.5, 0.6) is 11.5 Å². The molecule has 6 amide bonds. The molecule has 3 rings (SSSR count). The Hall–Kier alpha value is -6.31. The number of hydrogen-bond acceptors (Lipinski definition) is 12. The molecule has 334 valence electrons. The predicted molar refractivity (Wildman–Crippen MR) is 220 cm³/mol. The first kappa shape index (κ1) is 49.1. The molecular weight excluding hydrogens is 798 g/mol. The van der Waals surface area contributed by atoms with E-state index in [-0.39, 0.29) is 34.6 Å². The summed E-state index contributed by atoms with van der Waals surface area (Å²) in [7, 11) is 2.58. The SMILES string of the molecule is CC(C)CCCCCCCC(=O)N(C)[C@H](CO)C(=O)N[C@H](C)C(=O)NCC(=O)N(C)[C@H]1C(=O)N[C@@H](C)C(=O)N[C@@H](C(=O)O)Cc2cc(c(O)c([N+](=O)[O-])c2)-c2cc1ccc2O. The van der Waals surface area contributed by atoms with Gasteiger partial charge in [0.2, 0.25) is 41.2 Å². The fourth-order valence-electron chi connectivity index (χ4n) is 6.77. The molecule has 61 heavy (non-hydrogen) atoms. The highest BCUT2D eigenvalue weighted by Gasteiger charge is 2.35. The average molecular weight is 856 g/mol. The van der Waals surface area contributed by atoms with Gasteiger partial charge in [0, 0.05) is 44.1 Å². The van der Waals surface area contributed by atoms with Gasteiger partial charge < -0.3 is 51.5 Å². The number of likely N-dealkylation sites (N-methyl/N-ethyl adjacent to an activating group) is 2. The summed E-state index contributed by atoms with van der Waals surface area (Å²) < 4.78 is 0. The number of carboxylic acids is 1. The third-order valence-electron chi connectivity index (χ3n) is 10.5. The normalized spacial score (nSPS) is 17.5. The molecule has 20 nitrogen and oxygen atoms in total. The number of nitro benzene ring substituents is 1. The van der Waals surface area contributed by atoms with E-state index in [0.717, 1.165) is 54.0 Å². The maximum atomic E-state index is 13.9. The Kier molecular flexibility index (Phi) is 18.0. The van der Waals surface area contributed by atoms with Crippen molar-refractivity contribution in [3.63, 3.8) is 0 Å². The maximum Gasteiger partial charge on any atom is 0.326 e. The van der Waals surface area contributed by atoms with Crippen LogP contribution < -0.4 is 21.3 Å². The molecule has 0 aromatic heterocycles. The summed E-state index contributed by atoms with van der Waals surface area (Å²) in [5.41, 5.74) is -1.39. The molecule has 4 bridgehead atoms. The van der Waals surface area contributed by atoms with Crippen LogP contribution in [0.15, 0.2) is 30.3 Å². The number of hydrogen-bond donors (Lipinski definition) is 8. The molecule has 1 aliphatic rings. The largest absolute Gasteiger partial charge is 0.507 e. The van der Waals surface area contributed by atoms with Crippen molar-refractivity contribution in [1.29, 1.82) is 0 Å². The Morgan fingerprint density at radius 2 is 1.56 bits per heavy atom. The molecule has 5 atom stereocenters. The Morgan fingerprint density at radius 3 is 2.18 bits per heavy atom. The summed E-state index contributed by atoms with van der Waals surface area (Å²) in [6.45, 7) is 5.46. The summed E-state index contributed by atoms with van der Waals surface area (Å²) in [6, 6.07) is -1.53. The Morgan fingerprint density at radius 1 is 0.902 bits per heavy atom. The summed E-state index contributed by atoms with van der Waals surface area (Å²) in [4.78, 5) is 105. The molecule has 8 N–H and O–H groups in total. The molecule has 1 heterocycles. The van der Waals surface area contributed by atoms with E-state index in [1.54, 1.807) is 0 Å². The molecule has 0 spiro atoms. The fraction of sp³-hybridized carbons (Fsp3) is 0.537. The van der Waals surface area contributed by atoms with E-state index in [4.69, 9.17) is 0 Å². The van der Waals surface area contributed by atoms with Crippen LogP contribution in [0, 0.1) is 16.0 Å². The number of aliphatic hydroxyl groups is 1. The zero-order valence-electron chi connectivity index (χ0n) is 35.2. The van der Waals surface area contributed by atoms with Crippen molar-refractivity contribution >= 4 is 47.1 Å². The molecular formula is C41H57N7O13. The standard InChI is InChI=1S/C41H57N7O13/c1-22(2)12-10-8-7-9-11-13-33(51)46(5)31(21-49)39(56)43-23(3)37(54)42-20-34(52)47(6)35-26-14-15-32(50)27(19-26)28-16-25(18-30(36(28)53)48(60)61)17-29(41(58)59)45-38(55)24(4)44-40(35)57/h14-16,18-19,22-24,29,31,35,49-50,53H,7-13,17,20-21H2,1-6H3,(H,42,54)(H,43,56)(H,44,57)(H,45,55)(H,58,59)/t23-,24+,29-,31-,35-/m1/s1. The Balaban J connectivity index is 1.80. The number of carbonyl (C=O) groups is 7. The molecule has 0 saturated heterocycles.